The summed E-state index contributed by atoms with van der Waals surface area (Å²) in [5.41, 5.74) is 0.924. The molecule has 0 saturated heterocycles. The highest BCUT2D eigenvalue weighted by Gasteiger charge is 2.14. The first kappa shape index (κ1) is 13.7. The largest absolute Gasteiger partial charge is 0.459 e. The SMILES string of the molecule is O=C(Nc1ccccc1NC(=O)c1ccco1)c1ccco1. The summed E-state index contributed by atoms with van der Waals surface area (Å²) in [6.45, 7) is 0. The lowest BCUT2D eigenvalue weighted by atomic mass is 10.2. The number of carbonyl (C=O) groups is 2. The number of para-hydroxylation sites is 2. The summed E-state index contributed by atoms with van der Waals surface area (Å²) >= 11 is 0. The zero-order valence-electron chi connectivity index (χ0n) is 11.4. The first-order chi connectivity index (χ1) is 10.7. The van der Waals surface area contributed by atoms with E-state index in [9.17, 15) is 9.59 Å². The summed E-state index contributed by atoms with van der Waals surface area (Å²) in [6.07, 6.45) is 2.83. The summed E-state index contributed by atoms with van der Waals surface area (Å²) < 4.78 is 10.1. The lowest BCUT2D eigenvalue weighted by Crippen LogP contribution is -2.16. The molecular weight excluding hydrogens is 284 g/mol. The third kappa shape index (κ3) is 2.90. The number of hydrogen-bond donors (Lipinski definition) is 2. The quantitative estimate of drug-likeness (QED) is 0.773. The van der Waals surface area contributed by atoms with Gasteiger partial charge < -0.3 is 19.5 Å². The van der Waals surface area contributed by atoms with E-state index >= 15 is 0 Å². The Morgan fingerprint density at radius 1 is 0.682 bits per heavy atom. The molecule has 0 radical (unpaired) electrons. The maximum Gasteiger partial charge on any atom is 0.291 e. The van der Waals surface area contributed by atoms with Crippen LogP contribution >= 0.6 is 0 Å². The van der Waals surface area contributed by atoms with Crippen molar-refractivity contribution in [3.05, 3.63) is 72.6 Å². The van der Waals surface area contributed by atoms with Crippen LogP contribution in [0.5, 0.6) is 0 Å². The van der Waals surface area contributed by atoms with Crippen molar-refractivity contribution < 1.29 is 18.4 Å². The monoisotopic (exact) mass is 296 g/mol. The Bertz CT molecular complexity index is 709. The van der Waals surface area contributed by atoms with Crippen molar-refractivity contribution in [1.82, 2.24) is 0 Å². The van der Waals surface area contributed by atoms with Crippen LogP contribution in [0.3, 0.4) is 0 Å². The van der Waals surface area contributed by atoms with Crippen LogP contribution in [0.1, 0.15) is 21.1 Å². The van der Waals surface area contributed by atoms with Gasteiger partial charge in [-0.1, -0.05) is 12.1 Å². The third-order valence-corrected chi connectivity index (χ3v) is 2.91. The molecule has 110 valence electrons. The molecule has 0 saturated carbocycles. The van der Waals surface area contributed by atoms with Gasteiger partial charge in [0.05, 0.1) is 23.9 Å². The maximum absolute atomic E-state index is 12.0. The molecule has 0 aliphatic carbocycles. The highest BCUT2D eigenvalue weighted by atomic mass is 16.3. The fraction of sp³-hybridized carbons (Fsp3) is 0. The third-order valence-electron chi connectivity index (χ3n) is 2.91. The van der Waals surface area contributed by atoms with E-state index in [2.05, 4.69) is 10.6 Å². The second-order valence-electron chi connectivity index (χ2n) is 4.41. The van der Waals surface area contributed by atoms with E-state index in [4.69, 9.17) is 8.83 Å². The van der Waals surface area contributed by atoms with Gasteiger partial charge in [-0.15, -0.1) is 0 Å². The number of carbonyl (C=O) groups excluding carboxylic acids is 2. The minimum atomic E-state index is -0.398. The molecule has 0 aliphatic rings. The maximum atomic E-state index is 12.0. The molecule has 2 heterocycles. The van der Waals surface area contributed by atoms with Crippen LogP contribution in [0.4, 0.5) is 11.4 Å². The highest BCUT2D eigenvalue weighted by molar-refractivity contribution is 6.08. The van der Waals surface area contributed by atoms with Gasteiger partial charge in [-0.05, 0) is 36.4 Å². The van der Waals surface area contributed by atoms with Crippen LogP contribution in [0.2, 0.25) is 0 Å². The van der Waals surface area contributed by atoms with Crippen LogP contribution in [-0.2, 0) is 0 Å². The van der Waals surface area contributed by atoms with Crippen molar-refractivity contribution in [2.75, 3.05) is 10.6 Å². The Morgan fingerprint density at radius 3 is 1.50 bits per heavy atom. The van der Waals surface area contributed by atoms with E-state index in [0.29, 0.717) is 11.4 Å². The second-order valence-corrected chi connectivity index (χ2v) is 4.41. The molecule has 2 aromatic heterocycles. The van der Waals surface area contributed by atoms with Gasteiger partial charge in [0, 0.05) is 0 Å². The van der Waals surface area contributed by atoms with Crippen LogP contribution in [0, 0.1) is 0 Å². The van der Waals surface area contributed by atoms with Crippen LogP contribution < -0.4 is 10.6 Å². The van der Waals surface area contributed by atoms with E-state index in [0.717, 1.165) is 0 Å². The molecule has 0 fully saturated rings. The Balaban J connectivity index is 1.78. The summed E-state index contributed by atoms with van der Waals surface area (Å²) in [5.74, 6) is -0.422. The number of amides is 2. The highest BCUT2D eigenvalue weighted by Crippen LogP contribution is 2.22. The van der Waals surface area contributed by atoms with Crippen molar-refractivity contribution in [1.29, 1.82) is 0 Å². The lowest BCUT2D eigenvalue weighted by Gasteiger charge is -2.10. The van der Waals surface area contributed by atoms with Crippen molar-refractivity contribution in [2.45, 2.75) is 0 Å². The zero-order chi connectivity index (χ0) is 15.4. The number of hydrogen-bond acceptors (Lipinski definition) is 4. The van der Waals surface area contributed by atoms with E-state index < -0.39 is 11.8 Å². The Labute approximate surface area is 125 Å². The average Bonchev–Trinajstić information content (AvgIpc) is 3.23. The molecule has 0 aliphatic heterocycles. The predicted molar refractivity (Wildman–Crippen MR) is 79.8 cm³/mol. The number of anilines is 2. The molecule has 6 nitrogen and oxygen atoms in total. The van der Waals surface area contributed by atoms with E-state index in [1.54, 1.807) is 48.5 Å². The van der Waals surface area contributed by atoms with Gasteiger partial charge in [0.15, 0.2) is 11.5 Å². The topological polar surface area (TPSA) is 84.5 Å². The van der Waals surface area contributed by atoms with Gasteiger partial charge in [-0.3, -0.25) is 9.59 Å². The number of nitrogens with one attached hydrogen (secondary N) is 2. The molecular formula is C16H12N2O4. The van der Waals surface area contributed by atoms with Gasteiger partial charge in [-0.25, -0.2) is 0 Å². The van der Waals surface area contributed by atoms with Gasteiger partial charge >= 0.3 is 0 Å². The first-order valence-corrected chi connectivity index (χ1v) is 6.53. The Kier molecular flexibility index (Phi) is 3.74. The predicted octanol–water partition coefficient (Wildman–Crippen LogP) is 3.38. The summed E-state index contributed by atoms with van der Waals surface area (Å²) in [5, 5.41) is 5.37. The molecule has 2 N–H and O–H groups in total. The first-order valence-electron chi connectivity index (χ1n) is 6.53. The number of furan rings is 2. The fourth-order valence-corrected chi connectivity index (χ4v) is 1.88. The zero-order valence-corrected chi connectivity index (χ0v) is 11.4. The van der Waals surface area contributed by atoms with E-state index in [1.807, 2.05) is 0 Å². The minimum absolute atomic E-state index is 0.187. The standard InChI is InChI=1S/C16H12N2O4/c19-15(13-7-3-9-21-13)17-11-5-1-2-6-12(11)18-16(20)14-8-4-10-22-14/h1-10H,(H,17,19)(H,18,20). The Morgan fingerprint density at radius 2 is 1.14 bits per heavy atom. The molecule has 0 bridgehead atoms. The summed E-state index contributed by atoms with van der Waals surface area (Å²) in [7, 11) is 0. The van der Waals surface area contributed by atoms with Gasteiger partial charge in [0.25, 0.3) is 11.8 Å². The summed E-state index contributed by atoms with van der Waals surface area (Å²) in [6, 6.07) is 13.2. The van der Waals surface area contributed by atoms with Crippen LogP contribution in [0.25, 0.3) is 0 Å². The minimum Gasteiger partial charge on any atom is -0.459 e. The average molecular weight is 296 g/mol. The molecule has 3 rings (SSSR count). The van der Waals surface area contributed by atoms with Gasteiger partial charge in [0.1, 0.15) is 0 Å². The van der Waals surface area contributed by atoms with Crippen LogP contribution in [-0.4, -0.2) is 11.8 Å². The van der Waals surface area contributed by atoms with Gasteiger partial charge in [-0.2, -0.15) is 0 Å². The number of benzene rings is 1. The normalized spacial score (nSPS) is 10.2. The molecule has 0 atom stereocenters. The molecule has 2 amide bonds. The molecule has 6 heteroatoms. The van der Waals surface area contributed by atoms with Crippen molar-refractivity contribution in [3.8, 4) is 0 Å². The second kappa shape index (κ2) is 6.01. The Hall–Kier alpha value is -3.28. The molecule has 22 heavy (non-hydrogen) atoms. The number of rotatable bonds is 4. The van der Waals surface area contributed by atoms with Crippen molar-refractivity contribution >= 4 is 23.2 Å². The van der Waals surface area contributed by atoms with Crippen molar-refractivity contribution in [3.63, 3.8) is 0 Å². The van der Waals surface area contributed by atoms with Crippen molar-refractivity contribution in [2.24, 2.45) is 0 Å². The van der Waals surface area contributed by atoms with E-state index in [1.165, 1.54) is 12.5 Å². The van der Waals surface area contributed by atoms with Crippen LogP contribution in [0.15, 0.2) is 69.9 Å². The molecule has 0 spiro atoms. The molecule has 3 aromatic rings. The smallest absolute Gasteiger partial charge is 0.291 e. The molecule has 1 aromatic carbocycles. The summed E-state index contributed by atoms with van der Waals surface area (Å²) in [4.78, 5) is 24.0. The van der Waals surface area contributed by atoms with Gasteiger partial charge in [0.2, 0.25) is 0 Å². The lowest BCUT2D eigenvalue weighted by molar-refractivity contribution is 0.0987. The molecule has 0 unspecified atom stereocenters. The van der Waals surface area contributed by atoms with E-state index in [-0.39, 0.29) is 11.5 Å². The fourth-order valence-electron chi connectivity index (χ4n) is 1.88.